The second kappa shape index (κ2) is 15.4. The SMILES string of the molecule is Cc1cccc(C)c1-c1cc(CC[C@@H](CC(C)C)NCc2nccc(N(C)C(C)C)n2)nc(NS(=O)(=O)c2cccc(C(=O)O)c2)n1. The smallest absolute Gasteiger partial charge is 0.335 e. The minimum Gasteiger partial charge on any atom is -0.478 e. The molecule has 250 valence electrons. The van der Waals surface area contributed by atoms with Crippen molar-refractivity contribution in [2.24, 2.45) is 5.92 Å². The number of aromatic carboxylic acids is 1. The fourth-order valence-electron chi connectivity index (χ4n) is 5.36. The third kappa shape index (κ3) is 9.55. The summed E-state index contributed by atoms with van der Waals surface area (Å²) in [7, 11) is -2.16. The lowest BCUT2D eigenvalue weighted by Crippen LogP contribution is -2.32. The Morgan fingerprint density at radius 2 is 1.66 bits per heavy atom. The molecule has 0 aliphatic rings. The van der Waals surface area contributed by atoms with Gasteiger partial charge in [-0.25, -0.2) is 37.9 Å². The Morgan fingerprint density at radius 3 is 2.32 bits per heavy atom. The summed E-state index contributed by atoms with van der Waals surface area (Å²) >= 11 is 0. The number of hydrogen-bond donors (Lipinski definition) is 3. The highest BCUT2D eigenvalue weighted by Gasteiger charge is 2.21. The molecule has 0 fully saturated rings. The zero-order valence-corrected chi connectivity index (χ0v) is 29.0. The van der Waals surface area contributed by atoms with Gasteiger partial charge in [-0.2, -0.15) is 0 Å². The molecule has 0 saturated heterocycles. The Hall–Kier alpha value is -4.42. The van der Waals surface area contributed by atoms with Gasteiger partial charge >= 0.3 is 5.97 Å². The molecule has 47 heavy (non-hydrogen) atoms. The maximum absolute atomic E-state index is 13.4. The Balaban J connectivity index is 1.62. The minimum absolute atomic E-state index is 0.0752. The molecule has 11 nitrogen and oxygen atoms in total. The quantitative estimate of drug-likeness (QED) is 0.138. The van der Waals surface area contributed by atoms with Crippen molar-refractivity contribution in [2.45, 2.75) is 84.3 Å². The van der Waals surface area contributed by atoms with E-state index in [1.54, 1.807) is 6.20 Å². The number of aromatic nitrogens is 4. The zero-order chi connectivity index (χ0) is 34.3. The van der Waals surface area contributed by atoms with E-state index in [4.69, 9.17) is 4.98 Å². The van der Waals surface area contributed by atoms with E-state index in [-0.39, 0.29) is 22.4 Å². The van der Waals surface area contributed by atoms with E-state index in [1.807, 2.05) is 51.2 Å². The van der Waals surface area contributed by atoms with Crippen LogP contribution in [0.1, 0.15) is 73.5 Å². The first-order valence-electron chi connectivity index (χ1n) is 15.8. The van der Waals surface area contributed by atoms with E-state index >= 15 is 0 Å². The molecule has 1 atom stereocenters. The zero-order valence-electron chi connectivity index (χ0n) is 28.2. The van der Waals surface area contributed by atoms with Gasteiger partial charge in [0.15, 0.2) is 0 Å². The number of aryl methyl sites for hydroxylation is 3. The van der Waals surface area contributed by atoms with Crippen molar-refractivity contribution in [1.29, 1.82) is 0 Å². The highest BCUT2D eigenvalue weighted by atomic mass is 32.2. The lowest BCUT2D eigenvalue weighted by Gasteiger charge is -2.23. The number of sulfonamides is 1. The Kier molecular flexibility index (Phi) is 11.6. The van der Waals surface area contributed by atoms with Gasteiger partial charge in [-0.05, 0) is 94.3 Å². The molecule has 2 heterocycles. The predicted molar refractivity (Wildman–Crippen MR) is 185 cm³/mol. The Bertz CT molecular complexity index is 1790. The van der Waals surface area contributed by atoms with Gasteiger partial charge in [0.05, 0.1) is 22.7 Å². The second-order valence-electron chi connectivity index (χ2n) is 12.6. The van der Waals surface area contributed by atoms with Gasteiger partial charge in [0.2, 0.25) is 5.95 Å². The third-order valence-corrected chi connectivity index (χ3v) is 9.34. The highest BCUT2D eigenvalue weighted by molar-refractivity contribution is 7.92. The molecule has 3 N–H and O–H groups in total. The summed E-state index contributed by atoms with van der Waals surface area (Å²) in [4.78, 5) is 31.9. The van der Waals surface area contributed by atoms with Crippen molar-refractivity contribution >= 4 is 27.8 Å². The van der Waals surface area contributed by atoms with Crippen LogP contribution in [0.5, 0.6) is 0 Å². The highest BCUT2D eigenvalue weighted by Crippen LogP contribution is 2.28. The molecular formula is C35H45N7O4S. The van der Waals surface area contributed by atoms with Crippen molar-refractivity contribution in [3.63, 3.8) is 0 Å². The van der Waals surface area contributed by atoms with Gasteiger partial charge in [-0.1, -0.05) is 38.1 Å². The van der Waals surface area contributed by atoms with Crippen molar-refractivity contribution < 1.29 is 18.3 Å². The number of benzene rings is 2. The van der Waals surface area contributed by atoms with Gasteiger partial charge < -0.3 is 15.3 Å². The lowest BCUT2D eigenvalue weighted by atomic mass is 9.97. The van der Waals surface area contributed by atoms with Crippen LogP contribution in [0.25, 0.3) is 11.3 Å². The van der Waals surface area contributed by atoms with Gasteiger partial charge in [-0.3, -0.25) is 0 Å². The summed E-state index contributed by atoms with van der Waals surface area (Å²) in [5.74, 6) is 0.730. The van der Waals surface area contributed by atoms with Crippen LogP contribution >= 0.6 is 0 Å². The number of carboxylic acid groups (broad SMARTS) is 1. The molecule has 0 aliphatic carbocycles. The largest absolute Gasteiger partial charge is 0.478 e. The average Bonchev–Trinajstić information content (AvgIpc) is 3.01. The van der Waals surface area contributed by atoms with E-state index in [9.17, 15) is 18.3 Å². The van der Waals surface area contributed by atoms with Gasteiger partial charge in [0.1, 0.15) is 11.6 Å². The number of anilines is 2. The van der Waals surface area contributed by atoms with Crippen molar-refractivity contribution in [3.05, 3.63) is 89.0 Å². The number of hydrogen-bond acceptors (Lipinski definition) is 9. The van der Waals surface area contributed by atoms with Gasteiger partial charge in [0.25, 0.3) is 10.0 Å². The summed E-state index contributed by atoms with van der Waals surface area (Å²) in [6.07, 6.45) is 4.00. The molecule has 4 rings (SSSR count). The minimum atomic E-state index is -4.17. The molecule has 0 aliphatic heterocycles. The first-order valence-corrected chi connectivity index (χ1v) is 17.3. The van der Waals surface area contributed by atoms with Crippen LogP contribution in [-0.4, -0.2) is 58.6 Å². The number of nitrogens with zero attached hydrogens (tertiary/aromatic N) is 5. The molecule has 0 bridgehead atoms. The Labute approximate surface area is 278 Å². The van der Waals surface area contributed by atoms with Crippen LogP contribution in [0.15, 0.2) is 65.7 Å². The van der Waals surface area contributed by atoms with E-state index in [2.05, 4.69) is 57.6 Å². The molecule has 0 radical (unpaired) electrons. The second-order valence-corrected chi connectivity index (χ2v) is 14.2. The van der Waals surface area contributed by atoms with E-state index < -0.39 is 16.0 Å². The first-order chi connectivity index (χ1) is 22.2. The van der Waals surface area contributed by atoms with Crippen molar-refractivity contribution in [1.82, 2.24) is 25.3 Å². The molecule has 0 unspecified atom stereocenters. The molecule has 0 spiro atoms. The molecule has 4 aromatic rings. The normalized spacial score (nSPS) is 12.4. The molecule has 0 saturated carbocycles. The van der Waals surface area contributed by atoms with Crippen LogP contribution < -0.4 is 14.9 Å². The van der Waals surface area contributed by atoms with Crippen LogP contribution in [0.2, 0.25) is 0 Å². The molecular weight excluding hydrogens is 614 g/mol. The fourth-order valence-corrected chi connectivity index (χ4v) is 6.35. The molecule has 2 aromatic carbocycles. The standard InChI is InChI=1S/C35H45N7O4S/c1-22(2)18-27(37-21-31-36-17-16-32(40-31)42(7)23(3)4)14-15-28-20-30(33-24(5)10-8-11-25(33)6)39-35(38-28)41-47(45,46)29-13-9-12-26(19-29)34(43)44/h8-13,16-17,19-20,22-23,27,37H,14-15,18,21H2,1-7H3,(H,43,44)(H,38,39,41)/t27-/m0/s1. The van der Waals surface area contributed by atoms with Crippen molar-refractivity contribution in [3.8, 4) is 11.3 Å². The van der Waals surface area contributed by atoms with Crippen LogP contribution in [0.3, 0.4) is 0 Å². The number of carboxylic acids is 1. The molecule has 2 aromatic heterocycles. The van der Waals surface area contributed by atoms with Crippen LogP contribution in [0.4, 0.5) is 11.8 Å². The predicted octanol–water partition coefficient (Wildman–Crippen LogP) is 6.03. The van der Waals surface area contributed by atoms with Gasteiger partial charge in [0, 0.05) is 36.6 Å². The maximum Gasteiger partial charge on any atom is 0.335 e. The molecule has 0 amide bonds. The topological polar surface area (TPSA) is 150 Å². The average molecular weight is 660 g/mol. The summed E-state index contributed by atoms with van der Waals surface area (Å²) in [6.45, 7) is 13.1. The summed E-state index contributed by atoms with van der Waals surface area (Å²) in [5.41, 5.74) is 4.07. The number of carbonyl (C=O) groups is 1. The summed E-state index contributed by atoms with van der Waals surface area (Å²) < 4.78 is 29.2. The number of nitrogens with one attached hydrogen (secondary N) is 2. The van der Waals surface area contributed by atoms with E-state index in [1.165, 1.54) is 18.2 Å². The molecule has 12 heteroatoms. The van der Waals surface area contributed by atoms with Gasteiger partial charge in [-0.15, -0.1) is 0 Å². The fraction of sp³-hybridized carbons (Fsp3) is 0.400. The monoisotopic (exact) mass is 659 g/mol. The third-order valence-electron chi connectivity index (χ3n) is 8.01. The van der Waals surface area contributed by atoms with Crippen LogP contribution in [0, 0.1) is 19.8 Å². The van der Waals surface area contributed by atoms with E-state index in [0.717, 1.165) is 41.4 Å². The van der Waals surface area contributed by atoms with Crippen molar-refractivity contribution in [2.75, 3.05) is 16.7 Å². The van der Waals surface area contributed by atoms with E-state index in [0.29, 0.717) is 42.1 Å². The first kappa shape index (κ1) is 35.4. The summed E-state index contributed by atoms with van der Waals surface area (Å²) in [5, 5.41) is 13.0. The van der Waals surface area contributed by atoms with Crippen LogP contribution in [-0.2, 0) is 23.0 Å². The maximum atomic E-state index is 13.4. The number of rotatable bonds is 15. The lowest BCUT2D eigenvalue weighted by molar-refractivity contribution is 0.0696. The summed E-state index contributed by atoms with van der Waals surface area (Å²) in [6, 6.07) is 15.4. The Morgan fingerprint density at radius 1 is 0.957 bits per heavy atom.